The number of rotatable bonds is 11. The van der Waals surface area contributed by atoms with Gasteiger partial charge in [-0.15, -0.1) is 0 Å². The molecule has 176 valence electrons. The first-order chi connectivity index (χ1) is 16.5. The van der Waals surface area contributed by atoms with Crippen LogP contribution in [0.1, 0.15) is 35.4 Å². The van der Waals surface area contributed by atoms with Crippen molar-refractivity contribution < 1.29 is 9.59 Å². The van der Waals surface area contributed by atoms with E-state index in [1.807, 2.05) is 91.0 Å². The fourth-order valence-corrected chi connectivity index (χ4v) is 3.72. The molecule has 2 amide bonds. The minimum Gasteiger partial charge on any atom is -0.370 e. The van der Waals surface area contributed by atoms with Gasteiger partial charge in [0.15, 0.2) is 5.96 Å². The van der Waals surface area contributed by atoms with E-state index < -0.39 is 12.0 Å². The van der Waals surface area contributed by atoms with E-state index in [1.54, 1.807) is 0 Å². The van der Waals surface area contributed by atoms with Crippen molar-refractivity contribution in [3.8, 4) is 0 Å². The number of aliphatic imine (C=N–C) groups is 1. The lowest BCUT2D eigenvalue weighted by atomic mass is 9.90. The Morgan fingerprint density at radius 3 is 1.82 bits per heavy atom. The first-order valence-electron chi connectivity index (χ1n) is 11.3. The number of nitrogens with two attached hydrogens (primary N) is 2. The maximum atomic E-state index is 13.5. The summed E-state index contributed by atoms with van der Waals surface area (Å²) in [6.07, 6.45) is 0.947. The van der Waals surface area contributed by atoms with Crippen molar-refractivity contribution >= 4 is 17.8 Å². The van der Waals surface area contributed by atoms with E-state index in [0.29, 0.717) is 25.9 Å². The number of amides is 2. The molecular weight excluding hydrogens is 426 g/mol. The second-order valence-corrected chi connectivity index (χ2v) is 7.97. The van der Waals surface area contributed by atoms with E-state index >= 15 is 0 Å². The molecule has 3 aromatic rings. The van der Waals surface area contributed by atoms with Crippen LogP contribution in [0.5, 0.6) is 0 Å². The Hall–Kier alpha value is -4.13. The molecule has 0 aromatic heterocycles. The monoisotopic (exact) mass is 457 g/mol. The zero-order valence-corrected chi connectivity index (χ0v) is 19.1. The van der Waals surface area contributed by atoms with Crippen LogP contribution in [0.4, 0.5) is 0 Å². The first-order valence-corrected chi connectivity index (χ1v) is 11.3. The smallest absolute Gasteiger partial charge is 0.242 e. The molecule has 1 atom stereocenters. The van der Waals surface area contributed by atoms with E-state index in [1.165, 1.54) is 0 Å². The van der Waals surface area contributed by atoms with Gasteiger partial charge in [-0.25, -0.2) is 0 Å². The lowest BCUT2D eigenvalue weighted by Crippen LogP contribution is -2.48. The zero-order chi connectivity index (χ0) is 24.2. The predicted octanol–water partition coefficient (Wildman–Crippen LogP) is 2.67. The highest BCUT2D eigenvalue weighted by atomic mass is 16.2. The van der Waals surface area contributed by atoms with Gasteiger partial charge in [-0.05, 0) is 29.5 Å². The lowest BCUT2D eigenvalue weighted by molar-refractivity contribution is -0.129. The fourth-order valence-electron chi connectivity index (χ4n) is 3.72. The topological polar surface area (TPSA) is 123 Å². The highest BCUT2D eigenvalue weighted by Crippen LogP contribution is 2.25. The zero-order valence-electron chi connectivity index (χ0n) is 19.1. The molecule has 0 unspecified atom stereocenters. The molecule has 0 radical (unpaired) electrons. The number of hydrogen-bond donors (Lipinski definition) is 4. The van der Waals surface area contributed by atoms with Crippen LogP contribution in [0.2, 0.25) is 0 Å². The lowest BCUT2D eigenvalue weighted by Gasteiger charge is -2.23. The van der Waals surface area contributed by atoms with Crippen molar-refractivity contribution in [2.45, 2.75) is 31.3 Å². The third kappa shape index (κ3) is 7.48. The molecule has 0 spiro atoms. The van der Waals surface area contributed by atoms with E-state index in [2.05, 4.69) is 15.6 Å². The number of nitrogens with one attached hydrogen (secondary N) is 2. The Bertz CT molecular complexity index is 1030. The molecule has 0 aliphatic rings. The Morgan fingerprint density at radius 2 is 1.29 bits per heavy atom. The second-order valence-electron chi connectivity index (χ2n) is 7.97. The summed E-state index contributed by atoms with van der Waals surface area (Å²) in [6.45, 7) is 0.752. The number of carbonyl (C=O) groups is 2. The van der Waals surface area contributed by atoms with E-state index in [-0.39, 0.29) is 17.8 Å². The Labute approximate surface area is 200 Å². The van der Waals surface area contributed by atoms with E-state index in [4.69, 9.17) is 11.5 Å². The molecule has 0 fully saturated rings. The third-order valence-electron chi connectivity index (χ3n) is 5.42. The van der Waals surface area contributed by atoms with Gasteiger partial charge in [0.05, 0.1) is 5.92 Å². The van der Waals surface area contributed by atoms with Gasteiger partial charge in [0.25, 0.3) is 0 Å². The van der Waals surface area contributed by atoms with Crippen LogP contribution >= 0.6 is 0 Å². The average Bonchev–Trinajstić information content (AvgIpc) is 2.86. The van der Waals surface area contributed by atoms with Gasteiger partial charge in [0.2, 0.25) is 11.8 Å². The number of guanidine groups is 1. The van der Waals surface area contributed by atoms with Crippen molar-refractivity contribution in [1.82, 2.24) is 10.6 Å². The first kappa shape index (κ1) is 24.5. The predicted molar refractivity (Wildman–Crippen MR) is 135 cm³/mol. The molecule has 7 nitrogen and oxygen atoms in total. The maximum absolute atomic E-state index is 13.5. The summed E-state index contributed by atoms with van der Waals surface area (Å²) in [5.41, 5.74) is 13.5. The molecular formula is C27H31N5O2. The third-order valence-corrected chi connectivity index (χ3v) is 5.42. The molecule has 3 aromatic carbocycles. The fraction of sp³-hybridized carbons (Fsp3) is 0.222. The maximum Gasteiger partial charge on any atom is 0.242 e. The summed E-state index contributed by atoms with van der Waals surface area (Å²) in [4.78, 5) is 30.6. The molecule has 7 heteroatoms. The summed E-state index contributed by atoms with van der Waals surface area (Å²) >= 11 is 0. The molecule has 0 heterocycles. The molecule has 3 rings (SSSR count). The van der Waals surface area contributed by atoms with Gasteiger partial charge in [-0.1, -0.05) is 91.0 Å². The number of hydrogen-bond acceptors (Lipinski definition) is 3. The highest BCUT2D eigenvalue weighted by Gasteiger charge is 2.27. The number of nitrogens with zero attached hydrogens (tertiary/aromatic N) is 1. The molecule has 0 aliphatic carbocycles. The van der Waals surface area contributed by atoms with E-state index in [0.717, 1.165) is 16.7 Å². The van der Waals surface area contributed by atoms with Gasteiger partial charge >= 0.3 is 0 Å². The minimum absolute atomic E-state index is 0.00216. The summed E-state index contributed by atoms with van der Waals surface area (Å²) in [7, 11) is 0. The van der Waals surface area contributed by atoms with Crippen molar-refractivity contribution in [3.63, 3.8) is 0 Å². The summed E-state index contributed by atoms with van der Waals surface area (Å²) in [5.74, 6) is -1.02. The Kier molecular flexibility index (Phi) is 9.22. The Balaban J connectivity index is 1.77. The molecule has 0 saturated heterocycles. The van der Waals surface area contributed by atoms with Gasteiger partial charge in [-0.2, -0.15) is 0 Å². The summed E-state index contributed by atoms with van der Waals surface area (Å²) in [6, 6.07) is 28.0. The van der Waals surface area contributed by atoms with Crippen LogP contribution < -0.4 is 22.1 Å². The summed E-state index contributed by atoms with van der Waals surface area (Å²) < 4.78 is 0. The van der Waals surface area contributed by atoms with Crippen molar-refractivity contribution in [1.29, 1.82) is 0 Å². The van der Waals surface area contributed by atoms with Crippen molar-refractivity contribution in [2.75, 3.05) is 6.54 Å². The van der Waals surface area contributed by atoms with Crippen molar-refractivity contribution in [2.24, 2.45) is 16.5 Å². The van der Waals surface area contributed by atoms with Crippen LogP contribution in [-0.2, 0) is 16.1 Å². The molecule has 0 bridgehead atoms. The quantitative estimate of drug-likeness (QED) is 0.201. The normalized spacial score (nSPS) is 11.4. The van der Waals surface area contributed by atoms with Crippen LogP contribution in [0.3, 0.4) is 0 Å². The Morgan fingerprint density at radius 1 is 0.765 bits per heavy atom. The van der Waals surface area contributed by atoms with Gasteiger partial charge in [-0.3, -0.25) is 14.6 Å². The molecule has 34 heavy (non-hydrogen) atoms. The van der Waals surface area contributed by atoms with E-state index in [9.17, 15) is 9.59 Å². The highest BCUT2D eigenvalue weighted by molar-refractivity contribution is 5.92. The van der Waals surface area contributed by atoms with Crippen LogP contribution in [0, 0.1) is 0 Å². The second kappa shape index (κ2) is 12.8. The summed E-state index contributed by atoms with van der Waals surface area (Å²) in [5, 5.41) is 5.91. The van der Waals surface area contributed by atoms with Gasteiger partial charge in [0.1, 0.15) is 6.04 Å². The average molecular weight is 458 g/mol. The standard InChI is InChI=1S/C27H31N5O2/c28-27(29)30-18-10-17-23(25(33)31-19-20-11-4-1-5-12-20)32-26(34)24(21-13-6-2-7-14-21)22-15-8-3-9-16-22/h1-9,11-16,23-24H,10,17-19H2,(H,31,33)(H,32,34)(H4,28,29,30)/t23-/m0/s1. The van der Waals surface area contributed by atoms with Crippen molar-refractivity contribution in [3.05, 3.63) is 108 Å². The largest absolute Gasteiger partial charge is 0.370 e. The van der Waals surface area contributed by atoms with Gasteiger partial charge < -0.3 is 22.1 Å². The minimum atomic E-state index is -0.722. The van der Waals surface area contributed by atoms with Crippen LogP contribution in [0.25, 0.3) is 0 Å². The van der Waals surface area contributed by atoms with Crippen LogP contribution in [-0.4, -0.2) is 30.4 Å². The number of carbonyl (C=O) groups excluding carboxylic acids is 2. The SMILES string of the molecule is NC(N)=NCCC[C@H](NC(=O)C(c1ccccc1)c1ccccc1)C(=O)NCc1ccccc1. The van der Waals surface area contributed by atoms with Crippen LogP contribution in [0.15, 0.2) is 96.0 Å². The number of benzene rings is 3. The molecule has 0 saturated carbocycles. The van der Waals surface area contributed by atoms with Gasteiger partial charge in [0, 0.05) is 13.1 Å². The molecule has 0 aliphatic heterocycles. The molecule has 6 N–H and O–H groups in total.